The zero-order valence-electron chi connectivity index (χ0n) is 14.1. The van der Waals surface area contributed by atoms with Crippen LogP contribution in [0.15, 0.2) is 0 Å². The molecule has 1 rings (SSSR count). The molecule has 1 unspecified atom stereocenters. The van der Waals surface area contributed by atoms with Crippen LogP contribution < -0.4 is 5.32 Å². The third-order valence-corrected chi connectivity index (χ3v) is 4.39. The van der Waals surface area contributed by atoms with Crippen molar-refractivity contribution in [1.82, 2.24) is 10.4 Å². The van der Waals surface area contributed by atoms with Crippen molar-refractivity contribution in [3.8, 4) is 0 Å². The van der Waals surface area contributed by atoms with Crippen molar-refractivity contribution in [3.05, 3.63) is 0 Å². The van der Waals surface area contributed by atoms with Crippen molar-refractivity contribution in [2.45, 2.75) is 58.9 Å². The van der Waals surface area contributed by atoms with Crippen molar-refractivity contribution >= 4 is 18.3 Å². The number of carboxylic acid groups (broad SMARTS) is 1. The van der Waals surface area contributed by atoms with Crippen LogP contribution in [0.25, 0.3) is 0 Å². The number of carbonyl (C=O) groups is 3. The molecule has 1 fully saturated rings. The molecule has 23 heavy (non-hydrogen) atoms. The summed E-state index contributed by atoms with van der Waals surface area (Å²) in [4.78, 5) is 34.6. The molecule has 0 aromatic rings. The highest BCUT2D eigenvalue weighted by Crippen LogP contribution is 2.31. The van der Waals surface area contributed by atoms with E-state index in [1.54, 1.807) is 20.8 Å². The van der Waals surface area contributed by atoms with Gasteiger partial charge in [-0.1, -0.05) is 46.5 Å². The van der Waals surface area contributed by atoms with Gasteiger partial charge in [0, 0.05) is 0 Å². The number of carboxylic acids is 1. The molecule has 132 valence electrons. The van der Waals surface area contributed by atoms with E-state index in [2.05, 4.69) is 5.32 Å². The summed E-state index contributed by atoms with van der Waals surface area (Å²) in [6.45, 7) is 5.09. The van der Waals surface area contributed by atoms with E-state index in [0.29, 0.717) is 17.4 Å². The molecule has 1 aliphatic carbocycles. The molecule has 0 radical (unpaired) electrons. The molecule has 0 aromatic carbocycles. The van der Waals surface area contributed by atoms with Gasteiger partial charge >= 0.3 is 5.97 Å². The number of aliphatic carboxylic acids is 1. The number of amides is 2. The predicted molar refractivity (Wildman–Crippen MR) is 83.6 cm³/mol. The Morgan fingerprint density at radius 2 is 1.87 bits per heavy atom. The predicted octanol–water partition coefficient (Wildman–Crippen LogP) is 1.65. The molecule has 1 aliphatic rings. The number of hydrogen-bond acceptors (Lipinski definition) is 4. The second-order valence-corrected chi connectivity index (χ2v) is 7.46. The minimum absolute atomic E-state index is 0.123. The Hall–Kier alpha value is -1.63. The lowest BCUT2D eigenvalue weighted by atomic mass is 9.85. The van der Waals surface area contributed by atoms with Gasteiger partial charge in [0.1, 0.15) is 6.04 Å². The Kier molecular flexibility index (Phi) is 7.00. The molecular weight excluding hydrogens is 300 g/mol. The number of nitrogens with zero attached hydrogens (tertiary/aromatic N) is 1. The standard InChI is InChI=1S/C16H28N2O5/c1-16(2,3)13(15(21)22)17-14(20)12(9-18(23)10-19)8-11-6-4-5-7-11/h10-13,23H,4-9H2,1-3H3,(H,17,20)(H,21,22)/t12?,13-/m1/s1. The van der Waals surface area contributed by atoms with E-state index in [0.717, 1.165) is 25.7 Å². The average molecular weight is 328 g/mol. The van der Waals surface area contributed by atoms with Gasteiger partial charge in [0.2, 0.25) is 12.3 Å². The van der Waals surface area contributed by atoms with E-state index in [4.69, 9.17) is 0 Å². The number of rotatable bonds is 8. The van der Waals surface area contributed by atoms with Crippen LogP contribution in [0.3, 0.4) is 0 Å². The van der Waals surface area contributed by atoms with Gasteiger partial charge in [0.05, 0.1) is 12.5 Å². The van der Waals surface area contributed by atoms with Crippen molar-refractivity contribution in [1.29, 1.82) is 0 Å². The SMILES string of the molecule is CC(C)(C)[C@H](NC(=O)C(CC1CCCC1)CN(O)C=O)C(=O)O. The van der Waals surface area contributed by atoms with Gasteiger partial charge in [-0.3, -0.25) is 14.8 Å². The Morgan fingerprint density at radius 1 is 1.30 bits per heavy atom. The largest absolute Gasteiger partial charge is 0.480 e. The van der Waals surface area contributed by atoms with E-state index in [1.807, 2.05) is 0 Å². The van der Waals surface area contributed by atoms with E-state index in [1.165, 1.54) is 0 Å². The molecule has 0 aromatic heterocycles. The molecule has 0 spiro atoms. The molecule has 1 saturated carbocycles. The second-order valence-electron chi connectivity index (χ2n) is 7.46. The van der Waals surface area contributed by atoms with Gasteiger partial charge in [-0.2, -0.15) is 0 Å². The molecule has 2 amide bonds. The molecule has 3 N–H and O–H groups in total. The number of carbonyl (C=O) groups excluding carboxylic acids is 2. The van der Waals surface area contributed by atoms with Crippen molar-refractivity contribution < 1.29 is 24.7 Å². The van der Waals surface area contributed by atoms with Crippen molar-refractivity contribution in [2.24, 2.45) is 17.3 Å². The normalized spacial score (nSPS) is 18.3. The summed E-state index contributed by atoms with van der Waals surface area (Å²) in [5.41, 5.74) is -0.636. The lowest BCUT2D eigenvalue weighted by Gasteiger charge is -2.30. The summed E-state index contributed by atoms with van der Waals surface area (Å²) in [6.07, 6.45) is 5.10. The van der Waals surface area contributed by atoms with Crippen LogP contribution in [-0.2, 0) is 14.4 Å². The summed E-state index contributed by atoms with van der Waals surface area (Å²) >= 11 is 0. The molecule has 0 aliphatic heterocycles. The van der Waals surface area contributed by atoms with E-state index < -0.39 is 29.3 Å². The van der Waals surface area contributed by atoms with Crippen LogP contribution in [0, 0.1) is 17.3 Å². The number of nitrogens with one attached hydrogen (secondary N) is 1. The maximum Gasteiger partial charge on any atom is 0.326 e. The second kappa shape index (κ2) is 8.29. The number of hydrogen-bond donors (Lipinski definition) is 3. The Morgan fingerprint density at radius 3 is 2.30 bits per heavy atom. The summed E-state index contributed by atoms with van der Waals surface area (Å²) in [7, 11) is 0. The molecule has 0 bridgehead atoms. The first kappa shape index (κ1) is 19.4. The van der Waals surface area contributed by atoms with Crippen LogP contribution in [-0.4, -0.2) is 46.3 Å². The molecule has 0 saturated heterocycles. The zero-order chi connectivity index (χ0) is 17.6. The first-order chi connectivity index (χ1) is 10.6. The van der Waals surface area contributed by atoms with Crippen molar-refractivity contribution in [3.63, 3.8) is 0 Å². The minimum Gasteiger partial charge on any atom is -0.480 e. The first-order valence-electron chi connectivity index (χ1n) is 8.09. The molecule has 0 heterocycles. The molecule has 7 nitrogen and oxygen atoms in total. The van der Waals surface area contributed by atoms with Gasteiger partial charge < -0.3 is 10.4 Å². The lowest BCUT2D eigenvalue weighted by Crippen LogP contribution is -2.52. The highest BCUT2D eigenvalue weighted by molar-refractivity contribution is 5.85. The fraction of sp³-hybridized carbons (Fsp3) is 0.812. The lowest BCUT2D eigenvalue weighted by molar-refractivity contribution is -0.156. The summed E-state index contributed by atoms with van der Waals surface area (Å²) in [5.74, 6) is -1.76. The maximum atomic E-state index is 12.5. The van der Waals surface area contributed by atoms with Gasteiger partial charge in [-0.15, -0.1) is 0 Å². The van der Waals surface area contributed by atoms with E-state index in [-0.39, 0.29) is 13.0 Å². The highest BCUT2D eigenvalue weighted by atomic mass is 16.5. The molecule has 2 atom stereocenters. The van der Waals surface area contributed by atoms with Gasteiger partial charge in [-0.05, 0) is 17.8 Å². The topological polar surface area (TPSA) is 107 Å². The summed E-state index contributed by atoms with van der Waals surface area (Å²) in [5, 5.41) is 21.8. The minimum atomic E-state index is -1.10. The summed E-state index contributed by atoms with van der Waals surface area (Å²) < 4.78 is 0. The van der Waals surface area contributed by atoms with E-state index >= 15 is 0 Å². The quantitative estimate of drug-likeness (QED) is 0.357. The molecular formula is C16H28N2O5. The summed E-state index contributed by atoms with van der Waals surface area (Å²) in [6, 6.07) is -1.02. The van der Waals surface area contributed by atoms with Crippen LogP contribution >= 0.6 is 0 Å². The van der Waals surface area contributed by atoms with Gasteiger partial charge in [0.15, 0.2) is 0 Å². The fourth-order valence-electron chi connectivity index (χ4n) is 3.09. The average Bonchev–Trinajstić information content (AvgIpc) is 2.94. The number of hydroxylamine groups is 2. The molecule has 7 heteroatoms. The van der Waals surface area contributed by atoms with Crippen LogP contribution in [0.4, 0.5) is 0 Å². The Labute approximate surface area is 137 Å². The Bertz CT molecular complexity index is 427. The monoisotopic (exact) mass is 328 g/mol. The van der Waals surface area contributed by atoms with Crippen LogP contribution in [0.2, 0.25) is 0 Å². The smallest absolute Gasteiger partial charge is 0.326 e. The third kappa shape index (κ3) is 6.17. The Balaban J connectivity index is 2.79. The van der Waals surface area contributed by atoms with E-state index in [9.17, 15) is 24.7 Å². The van der Waals surface area contributed by atoms with Crippen LogP contribution in [0.5, 0.6) is 0 Å². The van der Waals surface area contributed by atoms with Crippen molar-refractivity contribution in [2.75, 3.05) is 6.54 Å². The van der Waals surface area contributed by atoms with Gasteiger partial charge in [0.25, 0.3) is 0 Å². The maximum absolute atomic E-state index is 12.5. The highest BCUT2D eigenvalue weighted by Gasteiger charge is 2.35. The first-order valence-corrected chi connectivity index (χ1v) is 8.09. The van der Waals surface area contributed by atoms with Crippen LogP contribution in [0.1, 0.15) is 52.9 Å². The fourth-order valence-corrected chi connectivity index (χ4v) is 3.09. The third-order valence-electron chi connectivity index (χ3n) is 4.39. The zero-order valence-corrected chi connectivity index (χ0v) is 14.1. The van der Waals surface area contributed by atoms with Gasteiger partial charge in [-0.25, -0.2) is 9.86 Å².